The highest BCUT2D eigenvalue weighted by Crippen LogP contribution is 2.32. The van der Waals surface area contributed by atoms with Crippen LogP contribution < -0.4 is 14.8 Å². The fourth-order valence-corrected chi connectivity index (χ4v) is 6.12. The first-order valence-corrected chi connectivity index (χ1v) is 16.3. The summed E-state index contributed by atoms with van der Waals surface area (Å²) in [7, 11) is -2.94. The molecule has 1 aromatic carbocycles. The maximum absolute atomic E-state index is 11.4. The van der Waals surface area contributed by atoms with Gasteiger partial charge in [-0.05, 0) is 64.1 Å². The van der Waals surface area contributed by atoms with Gasteiger partial charge in [0, 0.05) is 18.4 Å². The molecule has 1 amide bonds. The molecule has 0 spiro atoms. The molecule has 1 aliphatic carbocycles. The van der Waals surface area contributed by atoms with Gasteiger partial charge in [-0.25, -0.2) is 27.9 Å². The van der Waals surface area contributed by atoms with Crippen LogP contribution in [0.3, 0.4) is 0 Å². The second kappa shape index (κ2) is 14.7. The number of ether oxygens (including phenoxy) is 2. The third-order valence-electron chi connectivity index (χ3n) is 5.85. The number of hydrogen-bond donors (Lipinski definition) is 2. The lowest BCUT2D eigenvalue weighted by atomic mass is 9.99. The van der Waals surface area contributed by atoms with Crippen molar-refractivity contribution in [2.24, 2.45) is 5.92 Å². The predicted octanol–water partition coefficient (Wildman–Crippen LogP) is 5.33. The van der Waals surface area contributed by atoms with Crippen molar-refractivity contribution in [2.75, 3.05) is 6.61 Å². The largest absolute Gasteiger partial charge is 0.473 e. The summed E-state index contributed by atoms with van der Waals surface area (Å²) in [5.41, 5.74) is 2.57. The van der Waals surface area contributed by atoms with Crippen LogP contribution in [0.5, 0.6) is 5.88 Å². The molecule has 3 heterocycles. The number of rotatable bonds is 8. The molecule has 0 unspecified atom stereocenters. The number of Topliss-reactive ketones (excluding diaryl/α,β-unsaturated/α-hetero) is 1. The second-order valence-electron chi connectivity index (χ2n) is 10.7. The topological polar surface area (TPSA) is 137 Å². The first-order valence-electron chi connectivity index (χ1n) is 13.8. The molecule has 1 atom stereocenters. The molecule has 1 aliphatic heterocycles. The van der Waals surface area contributed by atoms with Gasteiger partial charge in [-0.3, -0.25) is 4.79 Å². The highest BCUT2D eigenvalue weighted by atomic mass is 32.2. The molecule has 1 saturated carbocycles. The summed E-state index contributed by atoms with van der Waals surface area (Å²) in [4.78, 5) is 32.5. The normalized spacial score (nSPS) is 16.8. The Morgan fingerprint density at radius 2 is 1.68 bits per heavy atom. The summed E-state index contributed by atoms with van der Waals surface area (Å²) in [6, 6.07) is 11.6. The van der Waals surface area contributed by atoms with E-state index < -0.39 is 16.1 Å². The predicted molar refractivity (Wildman–Crippen MR) is 162 cm³/mol. The number of aromatic nitrogens is 2. The SMILES string of the molecule is CC(C)C(=O)[C@@H]1CCOC(=O)N1.CC(C)NS(=O)(=O)C1CC1.CC(C)Oc1nc2ccccc2nc1-c1cccs1. The van der Waals surface area contributed by atoms with Crippen LogP contribution in [0.4, 0.5) is 4.79 Å². The van der Waals surface area contributed by atoms with Gasteiger partial charge in [0.1, 0.15) is 5.69 Å². The number of cyclic esters (lactones) is 1. The highest BCUT2D eigenvalue weighted by Gasteiger charge is 2.35. The third-order valence-corrected chi connectivity index (χ3v) is 8.87. The average Bonchev–Trinajstić information content (AvgIpc) is 3.64. The van der Waals surface area contributed by atoms with Crippen LogP contribution in [-0.4, -0.2) is 60.3 Å². The maximum atomic E-state index is 11.4. The van der Waals surface area contributed by atoms with Crippen molar-refractivity contribution in [3.63, 3.8) is 0 Å². The van der Waals surface area contributed by atoms with Crippen LogP contribution in [0.25, 0.3) is 21.6 Å². The summed E-state index contributed by atoms with van der Waals surface area (Å²) in [5, 5.41) is 4.43. The van der Waals surface area contributed by atoms with Crippen molar-refractivity contribution in [2.45, 2.75) is 84.2 Å². The first kappa shape index (κ1) is 32.4. The number of amides is 1. The smallest absolute Gasteiger partial charge is 0.407 e. The van der Waals surface area contributed by atoms with E-state index in [1.54, 1.807) is 11.3 Å². The summed E-state index contributed by atoms with van der Waals surface area (Å²) < 4.78 is 35.2. The van der Waals surface area contributed by atoms with Crippen LogP contribution in [0.15, 0.2) is 41.8 Å². The second-order valence-corrected chi connectivity index (χ2v) is 13.6. The number of carbonyl (C=O) groups excluding carboxylic acids is 2. The summed E-state index contributed by atoms with van der Waals surface area (Å²) >= 11 is 1.64. The number of fused-ring (bicyclic) bond motifs is 1. The van der Waals surface area contributed by atoms with Gasteiger partial charge in [-0.15, -0.1) is 11.3 Å². The Bertz CT molecular complexity index is 1400. The fraction of sp³-hybridized carbons (Fsp3) is 0.517. The van der Waals surface area contributed by atoms with Gasteiger partial charge in [0.15, 0.2) is 5.78 Å². The number of benzene rings is 1. The zero-order valence-electron chi connectivity index (χ0n) is 24.4. The number of sulfonamides is 1. The molecule has 2 aliphatic rings. The highest BCUT2D eigenvalue weighted by molar-refractivity contribution is 7.90. The van der Waals surface area contributed by atoms with Crippen LogP contribution in [0.2, 0.25) is 0 Å². The summed E-state index contributed by atoms with van der Waals surface area (Å²) in [5.74, 6) is 0.649. The van der Waals surface area contributed by atoms with Crippen LogP contribution >= 0.6 is 11.3 Å². The summed E-state index contributed by atoms with van der Waals surface area (Å²) in [6.07, 6.45) is 1.85. The third kappa shape index (κ3) is 10.0. The Morgan fingerprint density at radius 1 is 1.02 bits per heavy atom. The quantitative estimate of drug-likeness (QED) is 0.352. The Hall–Kier alpha value is -3.09. The van der Waals surface area contributed by atoms with Gasteiger partial charge in [-0.1, -0.05) is 32.0 Å². The van der Waals surface area contributed by atoms with Crippen molar-refractivity contribution in [1.29, 1.82) is 0 Å². The first-order chi connectivity index (χ1) is 19.4. The number of thiophene rings is 1. The van der Waals surface area contributed by atoms with Crippen molar-refractivity contribution >= 4 is 44.3 Å². The Kier molecular flexibility index (Phi) is 11.6. The number of hydrogen-bond acceptors (Lipinski definition) is 9. The molecular formula is C29H40N4O6S2. The van der Waals surface area contributed by atoms with Crippen LogP contribution in [0.1, 0.15) is 60.8 Å². The number of para-hydroxylation sites is 2. The summed E-state index contributed by atoms with van der Waals surface area (Å²) in [6.45, 7) is 11.6. The molecule has 10 nitrogen and oxygen atoms in total. The molecule has 2 N–H and O–H groups in total. The molecule has 3 aromatic rings. The number of nitrogens with one attached hydrogen (secondary N) is 2. The van der Waals surface area contributed by atoms with Crippen molar-refractivity contribution in [1.82, 2.24) is 20.0 Å². The monoisotopic (exact) mass is 604 g/mol. The number of ketones is 1. The molecule has 2 aromatic heterocycles. The minimum absolute atomic E-state index is 0.0330. The number of alkyl carbamates (subject to hydrolysis) is 1. The van der Waals surface area contributed by atoms with E-state index in [2.05, 4.69) is 19.8 Å². The van der Waals surface area contributed by atoms with Crippen molar-refractivity contribution in [3.05, 3.63) is 41.8 Å². The van der Waals surface area contributed by atoms with Crippen molar-refractivity contribution in [3.8, 4) is 16.5 Å². The maximum Gasteiger partial charge on any atom is 0.407 e. The van der Waals surface area contributed by atoms with E-state index in [-0.39, 0.29) is 35.1 Å². The molecule has 0 bridgehead atoms. The van der Waals surface area contributed by atoms with Crippen molar-refractivity contribution < 1.29 is 27.5 Å². The van der Waals surface area contributed by atoms with E-state index in [9.17, 15) is 18.0 Å². The van der Waals surface area contributed by atoms with Gasteiger partial charge >= 0.3 is 6.09 Å². The van der Waals surface area contributed by atoms with E-state index in [1.807, 2.05) is 83.3 Å². The Balaban J connectivity index is 0.000000182. The molecule has 5 rings (SSSR count). The van der Waals surface area contributed by atoms with Gasteiger partial charge in [0.05, 0.1) is 39.9 Å². The van der Waals surface area contributed by atoms with E-state index in [0.717, 1.165) is 34.4 Å². The van der Waals surface area contributed by atoms with Gasteiger partial charge in [0.25, 0.3) is 0 Å². The van der Waals surface area contributed by atoms with E-state index in [0.29, 0.717) is 18.9 Å². The van der Waals surface area contributed by atoms with Crippen LogP contribution in [-0.2, 0) is 19.6 Å². The lowest BCUT2D eigenvalue weighted by molar-refractivity contribution is -0.124. The molecule has 1 saturated heterocycles. The van der Waals surface area contributed by atoms with E-state index in [4.69, 9.17) is 9.72 Å². The molecule has 2 fully saturated rings. The number of carbonyl (C=O) groups is 2. The molecule has 41 heavy (non-hydrogen) atoms. The zero-order valence-corrected chi connectivity index (χ0v) is 26.1. The van der Waals surface area contributed by atoms with Gasteiger partial charge < -0.3 is 14.8 Å². The minimum atomic E-state index is -2.94. The van der Waals surface area contributed by atoms with Gasteiger partial charge in [0.2, 0.25) is 15.9 Å². The zero-order chi connectivity index (χ0) is 30.2. The van der Waals surface area contributed by atoms with Crippen LogP contribution in [0, 0.1) is 5.92 Å². The lowest BCUT2D eigenvalue weighted by Crippen LogP contribution is -2.47. The number of nitrogens with zero attached hydrogens (tertiary/aromatic N) is 2. The molecule has 0 radical (unpaired) electrons. The molecular weight excluding hydrogens is 564 g/mol. The molecule has 224 valence electrons. The standard InChI is InChI=1S/C15H14N2OS.C8H13NO3.C6H13NO2S/c1-10(2)18-15-14(13-8-5-9-19-13)16-11-6-3-4-7-12(11)17-15;1-5(2)7(10)6-3-4-12-8(11)9-6;1-5(2)7-10(8,9)6-3-4-6/h3-10H,1-2H3;5-6H,3-4H2,1-2H3,(H,9,11);5-7H,3-4H2,1-2H3/t;6-;/m.0./s1. The minimum Gasteiger partial charge on any atom is -0.473 e. The van der Waals surface area contributed by atoms with E-state index >= 15 is 0 Å². The van der Waals surface area contributed by atoms with Gasteiger partial charge in [-0.2, -0.15) is 0 Å². The fourth-order valence-electron chi connectivity index (χ4n) is 3.81. The molecule has 12 heteroatoms. The average molecular weight is 605 g/mol. The lowest BCUT2D eigenvalue weighted by Gasteiger charge is -2.23. The Morgan fingerprint density at radius 3 is 2.20 bits per heavy atom. The van der Waals surface area contributed by atoms with E-state index in [1.165, 1.54) is 0 Å². The Labute approximate surface area is 246 Å².